The number of hydrogen-bond acceptors (Lipinski definition) is 4. The number of aromatic amines is 1. The molecule has 1 saturated heterocycles. The van der Waals surface area contributed by atoms with Gasteiger partial charge in [0.1, 0.15) is 5.82 Å². The maximum absolute atomic E-state index is 12.9. The lowest BCUT2D eigenvalue weighted by Crippen LogP contribution is -2.36. The van der Waals surface area contributed by atoms with Crippen LogP contribution in [0.15, 0.2) is 30.5 Å². The highest BCUT2D eigenvalue weighted by Crippen LogP contribution is 2.35. The second kappa shape index (κ2) is 7.25. The number of nitrogens with zero attached hydrogens (tertiary/aromatic N) is 3. The van der Waals surface area contributed by atoms with Crippen molar-refractivity contribution in [2.45, 2.75) is 51.0 Å². The molecule has 1 amide bonds. The first-order valence-electron chi connectivity index (χ1n) is 9.35. The van der Waals surface area contributed by atoms with E-state index >= 15 is 0 Å². The fraction of sp³-hybridized carbons (Fsp3) is 0.526. The quantitative estimate of drug-likeness (QED) is 0.889. The highest BCUT2D eigenvalue weighted by molar-refractivity contribution is 5.79. The number of anilines is 2. The molecule has 3 heterocycles. The predicted octanol–water partition coefficient (Wildman–Crippen LogP) is 3.79. The van der Waals surface area contributed by atoms with Gasteiger partial charge in [-0.3, -0.25) is 9.89 Å². The average Bonchev–Trinajstić information content (AvgIpc) is 3.32. The fourth-order valence-corrected chi connectivity index (χ4v) is 4.08. The van der Waals surface area contributed by atoms with Crippen molar-refractivity contribution in [2.75, 3.05) is 11.9 Å². The van der Waals surface area contributed by atoms with Crippen LogP contribution in [0.3, 0.4) is 0 Å². The van der Waals surface area contributed by atoms with E-state index in [4.69, 9.17) is 0 Å². The van der Waals surface area contributed by atoms with Crippen molar-refractivity contribution < 1.29 is 4.79 Å². The number of H-pyrrole nitrogens is 1. The van der Waals surface area contributed by atoms with Crippen LogP contribution in [0.4, 0.5) is 11.6 Å². The molecule has 1 atom stereocenters. The normalized spacial score (nSPS) is 21.4. The molecule has 6 nitrogen and oxygen atoms in total. The molecule has 1 aliphatic heterocycles. The molecule has 132 valence electrons. The lowest BCUT2D eigenvalue weighted by atomic mass is 9.88. The van der Waals surface area contributed by atoms with Crippen LogP contribution in [0.2, 0.25) is 0 Å². The Balaban J connectivity index is 1.46. The highest BCUT2D eigenvalue weighted by atomic mass is 16.2. The first kappa shape index (κ1) is 16.1. The Labute approximate surface area is 148 Å². The van der Waals surface area contributed by atoms with Crippen molar-refractivity contribution in [2.24, 2.45) is 5.92 Å². The average molecular weight is 339 g/mol. The number of hydrogen-bond donors (Lipinski definition) is 2. The number of pyridine rings is 1. The molecule has 1 saturated carbocycles. The van der Waals surface area contributed by atoms with E-state index in [9.17, 15) is 4.79 Å². The lowest BCUT2D eigenvalue weighted by molar-refractivity contribution is -0.137. The summed E-state index contributed by atoms with van der Waals surface area (Å²) in [6.45, 7) is 0.863. The second-order valence-corrected chi connectivity index (χ2v) is 7.07. The summed E-state index contributed by atoms with van der Waals surface area (Å²) in [5, 5.41) is 10.7. The molecular formula is C19H25N5O. The Morgan fingerprint density at radius 2 is 2.00 bits per heavy atom. The van der Waals surface area contributed by atoms with Crippen LogP contribution < -0.4 is 5.32 Å². The van der Waals surface area contributed by atoms with Crippen LogP contribution in [0.25, 0.3) is 0 Å². The van der Waals surface area contributed by atoms with E-state index in [1.807, 2.05) is 24.3 Å². The SMILES string of the molecule is O=C(C1CCCCC1)N1CCC[C@H]1c1cc(Nc2ccccn2)n[nH]1. The summed E-state index contributed by atoms with van der Waals surface area (Å²) in [6, 6.07) is 7.86. The third-order valence-corrected chi connectivity index (χ3v) is 5.37. The van der Waals surface area contributed by atoms with Gasteiger partial charge in [0.2, 0.25) is 5.91 Å². The van der Waals surface area contributed by atoms with E-state index in [1.165, 1.54) is 19.3 Å². The van der Waals surface area contributed by atoms with Crippen LogP contribution in [-0.2, 0) is 4.79 Å². The minimum absolute atomic E-state index is 0.126. The largest absolute Gasteiger partial charge is 0.334 e. The summed E-state index contributed by atoms with van der Waals surface area (Å²) in [6.07, 6.45) is 9.58. The smallest absolute Gasteiger partial charge is 0.226 e. The van der Waals surface area contributed by atoms with Gasteiger partial charge in [-0.2, -0.15) is 5.10 Å². The third-order valence-electron chi connectivity index (χ3n) is 5.37. The zero-order valence-corrected chi connectivity index (χ0v) is 14.4. The van der Waals surface area contributed by atoms with E-state index in [0.29, 0.717) is 5.91 Å². The monoisotopic (exact) mass is 339 g/mol. The maximum atomic E-state index is 12.9. The molecule has 2 N–H and O–H groups in total. The molecule has 0 bridgehead atoms. The zero-order chi connectivity index (χ0) is 17.1. The molecule has 25 heavy (non-hydrogen) atoms. The van der Waals surface area contributed by atoms with Gasteiger partial charge in [0, 0.05) is 24.7 Å². The van der Waals surface area contributed by atoms with Crippen molar-refractivity contribution in [3.8, 4) is 0 Å². The number of amides is 1. The number of carbonyl (C=O) groups is 1. The maximum Gasteiger partial charge on any atom is 0.226 e. The second-order valence-electron chi connectivity index (χ2n) is 7.07. The molecule has 1 aliphatic carbocycles. The summed E-state index contributed by atoms with van der Waals surface area (Å²) >= 11 is 0. The van der Waals surface area contributed by atoms with Gasteiger partial charge in [0.25, 0.3) is 0 Å². The van der Waals surface area contributed by atoms with Crippen molar-refractivity contribution >= 4 is 17.5 Å². The van der Waals surface area contributed by atoms with E-state index in [0.717, 1.165) is 49.6 Å². The molecule has 0 unspecified atom stereocenters. The van der Waals surface area contributed by atoms with Gasteiger partial charge in [0.15, 0.2) is 5.82 Å². The molecule has 2 aromatic rings. The molecule has 0 aromatic carbocycles. The van der Waals surface area contributed by atoms with Crippen molar-refractivity contribution in [3.63, 3.8) is 0 Å². The Morgan fingerprint density at radius 3 is 2.80 bits per heavy atom. The van der Waals surface area contributed by atoms with Gasteiger partial charge >= 0.3 is 0 Å². The van der Waals surface area contributed by atoms with Gasteiger partial charge in [-0.05, 0) is 37.8 Å². The van der Waals surface area contributed by atoms with Crippen molar-refractivity contribution in [1.29, 1.82) is 0 Å². The van der Waals surface area contributed by atoms with Crippen LogP contribution in [0.1, 0.15) is 56.7 Å². The summed E-state index contributed by atoms with van der Waals surface area (Å²) in [4.78, 5) is 19.3. The van der Waals surface area contributed by atoms with E-state index in [-0.39, 0.29) is 12.0 Å². The van der Waals surface area contributed by atoms with E-state index < -0.39 is 0 Å². The molecular weight excluding hydrogens is 314 g/mol. The van der Waals surface area contributed by atoms with Crippen LogP contribution in [-0.4, -0.2) is 32.5 Å². The number of nitrogens with one attached hydrogen (secondary N) is 2. The van der Waals surface area contributed by atoms with E-state index in [1.54, 1.807) is 6.20 Å². The Kier molecular flexibility index (Phi) is 4.68. The summed E-state index contributed by atoms with van der Waals surface area (Å²) in [5.41, 5.74) is 1.01. The molecule has 2 fully saturated rings. The van der Waals surface area contributed by atoms with Crippen LogP contribution in [0, 0.1) is 5.92 Å². The molecule has 6 heteroatoms. The summed E-state index contributed by atoms with van der Waals surface area (Å²) in [5.74, 6) is 2.08. The van der Waals surface area contributed by atoms with Gasteiger partial charge in [-0.1, -0.05) is 25.3 Å². The molecule has 0 spiro atoms. The first-order valence-corrected chi connectivity index (χ1v) is 9.35. The van der Waals surface area contributed by atoms with Gasteiger partial charge < -0.3 is 10.2 Å². The predicted molar refractivity (Wildman–Crippen MR) is 96.4 cm³/mol. The minimum atomic E-state index is 0.126. The highest BCUT2D eigenvalue weighted by Gasteiger charge is 2.35. The van der Waals surface area contributed by atoms with Gasteiger partial charge in [0.05, 0.1) is 11.7 Å². The number of carbonyl (C=O) groups excluding carboxylic acids is 1. The van der Waals surface area contributed by atoms with Crippen LogP contribution >= 0.6 is 0 Å². The Hall–Kier alpha value is -2.37. The number of rotatable bonds is 4. The number of likely N-dealkylation sites (tertiary alicyclic amines) is 1. The number of aromatic nitrogens is 3. The molecule has 4 rings (SSSR count). The lowest BCUT2D eigenvalue weighted by Gasteiger charge is -2.30. The van der Waals surface area contributed by atoms with Crippen molar-refractivity contribution in [3.05, 3.63) is 36.2 Å². The topological polar surface area (TPSA) is 73.9 Å². The Bertz CT molecular complexity index is 708. The van der Waals surface area contributed by atoms with Crippen LogP contribution in [0.5, 0.6) is 0 Å². The summed E-state index contributed by atoms with van der Waals surface area (Å²) < 4.78 is 0. The minimum Gasteiger partial charge on any atom is -0.334 e. The third kappa shape index (κ3) is 3.52. The van der Waals surface area contributed by atoms with Crippen molar-refractivity contribution in [1.82, 2.24) is 20.1 Å². The van der Waals surface area contributed by atoms with Gasteiger partial charge in [-0.15, -0.1) is 0 Å². The summed E-state index contributed by atoms with van der Waals surface area (Å²) in [7, 11) is 0. The fourth-order valence-electron chi connectivity index (χ4n) is 4.08. The standard InChI is InChI=1S/C19H25N5O/c25-19(14-7-2-1-3-8-14)24-12-6-9-16(24)15-13-18(23-22-15)21-17-10-4-5-11-20-17/h4-5,10-11,13-14,16H,1-3,6-9,12H2,(H2,20,21,22,23)/t16-/m0/s1. The Morgan fingerprint density at radius 1 is 1.12 bits per heavy atom. The van der Waals surface area contributed by atoms with Gasteiger partial charge in [-0.25, -0.2) is 4.98 Å². The molecule has 2 aromatic heterocycles. The molecule has 2 aliphatic rings. The zero-order valence-electron chi connectivity index (χ0n) is 14.4. The first-order chi connectivity index (χ1) is 12.3. The molecule has 0 radical (unpaired) electrons. The van der Waals surface area contributed by atoms with E-state index in [2.05, 4.69) is 25.4 Å².